The van der Waals surface area contributed by atoms with Gasteiger partial charge in [0.05, 0.1) is 0 Å². The first-order valence-electron chi connectivity index (χ1n) is 6.86. The maximum atomic E-state index is 12.3. The molecule has 0 radical (unpaired) electrons. The van der Waals surface area contributed by atoms with E-state index >= 15 is 0 Å². The number of carbonyl (C=O) groups excluding carboxylic acids is 1. The van der Waals surface area contributed by atoms with Crippen LogP contribution in [0.4, 0.5) is 0 Å². The zero-order valence-electron chi connectivity index (χ0n) is 12.0. The first-order chi connectivity index (χ1) is 8.54. The van der Waals surface area contributed by atoms with Gasteiger partial charge in [-0.2, -0.15) is 0 Å². The van der Waals surface area contributed by atoms with Gasteiger partial charge in [-0.25, -0.2) is 0 Å². The quantitative estimate of drug-likeness (QED) is 0.687. The summed E-state index contributed by atoms with van der Waals surface area (Å²) >= 11 is 0. The number of rotatable bonds is 7. The Balaban J connectivity index is 2.59. The van der Waals surface area contributed by atoms with E-state index in [0.29, 0.717) is 5.92 Å². The van der Waals surface area contributed by atoms with Crippen LogP contribution in [0.3, 0.4) is 0 Å². The lowest BCUT2D eigenvalue weighted by Gasteiger charge is -2.25. The fourth-order valence-electron chi connectivity index (χ4n) is 2.21. The Hall–Kier alpha value is -1.15. The number of hydrogen-bond acceptors (Lipinski definition) is 2. The number of hydrogen-bond donors (Lipinski definition) is 0. The first-order valence-corrected chi connectivity index (χ1v) is 6.86. The van der Waals surface area contributed by atoms with E-state index in [-0.39, 0.29) is 11.7 Å². The van der Waals surface area contributed by atoms with Crippen LogP contribution in [0.25, 0.3) is 0 Å². The second kappa shape index (κ2) is 7.32. The van der Waals surface area contributed by atoms with Crippen LogP contribution in [-0.4, -0.2) is 30.3 Å². The zero-order valence-corrected chi connectivity index (χ0v) is 12.0. The van der Waals surface area contributed by atoms with Gasteiger partial charge >= 0.3 is 0 Å². The summed E-state index contributed by atoms with van der Waals surface area (Å²) in [5, 5.41) is 0. The van der Waals surface area contributed by atoms with Crippen molar-refractivity contribution in [2.24, 2.45) is 11.8 Å². The first kappa shape index (κ1) is 14.9. The zero-order chi connectivity index (χ0) is 13.5. The Morgan fingerprint density at radius 2 is 1.72 bits per heavy atom. The maximum Gasteiger partial charge on any atom is 0.166 e. The third-order valence-electron chi connectivity index (χ3n) is 3.11. The summed E-state index contributed by atoms with van der Waals surface area (Å²) in [5.41, 5.74) is 0.825. The summed E-state index contributed by atoms with van der Waals surface area (Å²) in [7, 11) is 0. The van der Waals surface area contributed by atoms with Crippen molar-refractivity contribution in [3.8, 4) is 0 Å². The SMILES string of the molecule is CCN(CC(C)C)CC(C)C(=O)c1ccccc1. The van der Waals surface area contributed by atoms with Gasteiger partial charge in [-0.05, 0) is 12.5 Å². The lowest BCUT2D eigenvalue weighted by molar-refractivity contribution is 0.0890. The highest BCUT2D eigenvalue weighted by Crippen LogP contribution is 2.11. The molecule has 0 amide bonds. The summed E-state index contributed by atoms with van der Waals surface area (Å²) in [6.45, 7) is 11.5. The average Bonchev–Trinajstić information content (AvgIpc) is 2.37. The molecule has 0 saturated carbocycles. The molecule has 0 saturated heterocycles. The smallest absolute Gasteiger partial charge is 0.166 e. The van der Waals surface area contributed by atoms with Gasteiger partial charge in [-0.15, -0.1) is 0 Å². The molecule has 0 aromatic heterocycles. The molecule has 0 N–H and O–H groups in total. The van der Waals surface area contributed by atoms with Crippen molar-refractivity contribution in [1.82, 2.24) is 4.90 Å². The molecule has 0 heterocycles. The third kappa shape index (κ3) is 4.61. The average molecular weight is 247 g/mol. The maximum absolute atomic E-state index is 12.3. The van der Waals surface area contributed by atoms with Crippen LogP contribution in [0.1, 0.15) is 38.1 Å². The fraction of sp³-hybridized carbons (Fsp3) is 0.562. The number of carbonyl (C=O) groups is 1. The Kier molecular flexibility index (Phi) is 6.06. The van der Waals surface area contributed by atoms with Crippen LogP contribution in [-0.2, 0) is 0 Å². The molecule has 0 aliphatic carbocycles. The van der Waals surface area contributed by atoms with E-state index in [1.807, 2.05) is 37.3 Å². The molecule has 0 aliphatic rings. The van der Waals surface area contributed by atoms with E-state index in [1.54, 1.807) is 0 Å². The lowest BCUT2D eigenvalue weighted by Crippen LogP contribution is -2.34. The molecule has 0 fully saturated rings. The summed E-state index contributed by atoms with van der Waals surface area (Å²) in [5.74, 6) is 0.952. The molecular weight excluding hydrogens is 222 g/mol. The summed E-state index contributed by atoms with van der Waals surface area (Å²) in [6, 6.07) is 9.59. The summed E-state index contributed by atoms with van der Waals surface area (Å²) < 4.78 is 0. The van der Waals surface area contributed by atoms with Gasteiger partial charge in [0, 0.05) is 24.6 Å². The van der Waals surface area contributed by atoms with Crippen LogP contribution in [0.15, 0.2) is 30.3 Å². The van der Waals surface area contributed by atoms with Gasteiger partial charge in [0.2, 0.25) is 0 Å². The number of nitrogens with zero attached hydrogens (tertiary/aromatic N) is 1. The Bertz CT molecular complexity index is 359. The molecule has 0 bridgehead atoms. The van der Waals surface area contributed by atoms with Gasteiger partial charge in [-0.1, -0.05) is 58.0 Å². The highest BCUT2D eigenvalue weighted by atomic mass is 16.1. The molecule has 1 unspecified atom stereocenters. The van der Waals surface area contributed by atoms with E-state index in [4.69, 9.17) is 0 Å². The fourth-order valence-corrected chi connectivity index (χ4v) is 2.21. The van der Waals surface area contributed by atoms with Crippen molar-refractivity contribution < 1.29 is 4.79 Å². The second-order valence-corrected chi connectivity index (χ2v) is 5.38. The predicted molar refractivity (Wildman–Crippen MR) is 76.9 cm³/mol. The van der Waals surface area contributed by atoms with Gasteiger partial charge in [0.15, 0.2) is 5.78 Å². The van der Waals surface area contributed by atoms with Gasteiger partial charge in [0.1, 0.15) is 0 Å². The monoisotopic (exact) mass is 247 g/mol. The van der Waals surface area contributed by atoms with E-state index in [9.17, 15) is 4.79 Å². The summed E-state index contributed by atoms with van der Waals surface area (Å²) in [6.07, 6.45) is 0. The van der Waals surface area contributed by atoms with E-state index in [1.165, 1.54) is 0 Å². The number of Topliss-reactive ketones (excluding diaryl/α,β-unsaturated/α-hetero) is 1. The number of benzene rings is 1. The number of ketones is 1. The standard InChI is InChI=1S/C16H25NO/c1-5-17(11-13(2)3)12-14(4)16(18)15-9-7-6-8-10-15/h6-10,13-14H,5,11-12H2,1-4H3. The van der Waals surface area contributed by atoms with Crippen LogP contribution in [0.2, 0.25) is 0 Å². The molecule has 1 aromatic rings. The molecule has 1 atom stereocenters. The van der Waals surface area contributed by atoms with Crippen molar-refractivity contribution in [2.45, 2.75) is 27.7 Å². The van der Waals surface area contributed by atoms with Crippen LogP contribution in [0, 0.1) is 11.8 Å². The van der Waals surface area contributed by atoms with Gasteiger partial charge < -0.3 is 4.90 Å². The Morgan fingerprint density at radius 3 is 2.22 bits per heavy atom. The van der Waals surface area contributed by atoms with Crippen LogP contribution in [0.5, 0.6) is 0 Å². The molecule has 1 aromatic carbocycles. The molecule has 2 heteroatoms. The normalized spacial score (nSPS) is 13.0. The van der Waals surface area contributed by atoms with Gasteiger partial charge in [-0.3, -0.25) is 4.79 Å². The van der Waals surface area contributed by atoms with E-state index in [0.717, 1.165) is 25.2 Å². The highest BCUT2D eigenvalue weighted by molar-refractivity contribution is 5.97. The van der Waals surface area contributed by atoms with Crippen molar-refractivity contribution in [3.63, 3.8) is 0 Å². The summed E-state index contributed by atoms with van der Waals surface area (Å²) in [4.78, 5) is 14.6. The van der Waals surface area contributed by atoms with Crippen molar-refractivity contribution in [1.29, 1.82) is 0 Å². The molecule has 18 heavy (non-hydrogen) atoms. The molecule has 2 nitrogen and oxygen atoms in total. The van der Waals surface area contributed by atoms with Gasteiger partial charge in [0.25, 0.3) is 0 Å². The largest absolute Gasteiger partial charge is 0.303 e. The third-order valence-corrected chi connectivity index (χ3v) is 3.11. The minimum atomic E-state index is 0.0612. The molecule has 1 rings (SSSR count). The minimum absolute atomic E-state index is 0.0612. The van der Waals surface area contributed by atoms with Crippen molar-refractivity contribution >= 4 is 5.78 Å². The second-order valence-electron chi connectivity index (χ2n) is 5.38. The molecular formula is C16H25NO. The van der Waals surface area contributed by atoms with E-state index < -0.39 is 0 Å². The lowest BCUT2D eigenvalue weighted by atomic mass is 9.98. The van der Waals surface area contributed by atoms with Crippen LogP contribution < -0.4 is 0 Å². The Labute approximate surface area is 111 Å². The molecule has 0 spiro atoms. The molecule has 100 valence electrons. The van der Waals surface area contributed by atoms with Crippen LogP contribution >= 0.6 is 0 Å². The topological polar surface area (TPSA) is 20.3 Å². The highest BCUT2D eigenvalue weighted by Gasteiger charge is 2.18. The van der Waals surface area contributed by atoms with Crippen molar-refractivity contribution in [2.75, 3.05) is 19.6 Å². The molecule has 0 aliphatic heterocycles. The van der Waals surface area contributed by atoms with Crippen molar-refractivity contribution in [3.05, 3.63) is 35.9 Å². The Morgan fingerprint density at radius 1 is 1.11 bits per heavy atom. The minimum Gasteiger partial charge on any atom is -0.303 e. The van der Waals surface area contributed by atoms with E-state index in [2.05, 4.69) is 25.7 Å². The predicted octanol–water partition coefficient (Wildman–Crippen LogP) is 3.48.